The molecule has 17 heavy (non-hydrogen) atoms. The molecule has 5 nitrogen and oxygen atoms in total. The lowest BCUT2D eigenvalue weighted by atomic mass is 10.2. The lowest BCUT2D eigenvalue weighted by Gasteiger charge is -2.12. The van der Waals surface area contributed by atoms with Gasteiger partial charge < -0.3 is 4.74 Å². The topological polar surface area (TPSA) is 69.4 Å². The van der Waals surface area contributed by atoms with Crippen molar-refractivity contribution in [3.05, 3.63) is 34.1 Å². The molecule has 1 aromatic rings. The molecule has 0 aliphatic heterocycles. The standard InChI is InChI=1S/C11H12FNO4/c1-3-11(14)7(2)17-8-4-5-10(13(15)16)9(12)6-8/h4-7H,3H2,1-2H3. The summed E-state index contributed by atoms with van der Waals surface area (Å²) in [6.07, 6.45) is -0.378. The van der Waals surface area contributed by atoms with Gasteiger partial charge in [-0.3, -0.25) is 14.9 Å². The number of nitro benzene ring substituents is 1. The molecule has 0 saturated carbocycles. The molecule has 0 spiro atoms. The first-order valence-corrected chi connectivity index (χ1v) is 5.09. The van der Waals surface area contributed by atoms with E-state index in [1.54, 1.807) is 13.8 Å². The van der Waals surface area contributed by atoms with Crippen LogP contribution in [-0.4, -0.2) is 16.8 Å². The lowest BCUT2D eigenvalue weighted by Crippen LogP contribution is -2.22. The molecule has 6 heteroatoms. The van der Waals surface area contributed by atoms with Crippen molar-refractivity contribution in [2.24, 2.45) is 0 Å². The zero-order valence-corrected chi connectivity index (χ0v) is 9.47. The quantitative estimate of drug-likeness (QED) is 0.586. The first kappa shape index (κ1) is 13.1. The van der Waals surface area contributed by atoms with E-state index >= 15 is 0 Å². The first-order valence-electron chi connectivity index (χ1n) is 5.09. The highest BCUT2D eigenvalue weighted by Gasteiger charge is 2.17. The third-order valence-corrected chi connectivity index (χ3v) is 2.23. The van der Waals surface area contributed by atoms with Gasteiger partial charge in [0.05, 0.1) is 4.92 Å². The van der Waals surface area contributed by atoms with Gasteiger partial charge in [0.1, 0.15) is 5.75 Å². The van der Waals surface area contributed by atoms with Gasteiger partial charge in [0.25, 0.3) is 0 Å². The van der Waals surface area contributed by atoms with Gasteiger partial charge in [-0.25, -0.2) is 0 Å². The lowest BCUT2D eigenvalue weighted by molar-refractivity contribution is -0.387. The van der Waals surface area contributed by atoms with Crippen LogP contribution in [-0.2, 0) is 4.79 Å². The number of carbonyl (C=O) groups excluding carboxylic acids is 1. The SMILES string of the molecule is CCC(=O)C(C)Oc1ccc([N+](=O)[O-])c(F)c1. The van der Waals surface area contributed by atoms with Gasteiger partial charge in [0.2, 0.25) is 5.82 Å². The molecule has 0 aliphatic rings. The van der Waals surface area contributed by atoms with E-state index in [4.69, 9.17) is 4.74 Å². The Morgan fingerprint density at radius 2 is 2.24 bits per heavy atom. The molecular formula is C11H12FNO4. The summed E-state index contributed by atoms with van der Waals surface area (Å²) in [6.45, 7) is 3.24. The maximum atomic E-state index is 13.2. The van der Waals surface area contributed by atoms with Gasteiger partial charge in [-0.15, -0.1) is 0 Å². The molecule has 0 aromatic heterocycles. The van der Waals surface area contributed by atoms with Crippen LogP contribution in [0.5, 0.6) is 5.75 Å². The summed E-state index contributed by atoms with van der Waals surface area (Å²) < 4.78 is 18.4. The fraction of sp³-hybridized carbons (Fsp3) is 0.364. The van der Waals surface area contributed by atoms with Crippen LogP contribution in [0.15, 0.2) is 18.2 Å². The number of hydrogen-bond acceptors (Lipinski definition) is 4. The third kappa shape index (κ3) is 3.24. The number of ketones is 1. The highest BCUT2D eigenvalue weighted by atomic mass is 19.1. The highest BCUT2D eigenvalue weighted by molar-refractivity contribution is 5.82. The summed E-state index contributed by atoms with van der Waals surface area (Å²) in [5.41, 5.74) is -0.619. The molecule has 0 saturated heterocycles. The first-order chi connectivity index (χ1) is 7.95. The Bertz CT molecular complexity index is 447. The van der Waals surface area contributed by atoms with Crippen molar-refractivity contribution in [3.8, 4) is 5.75 Å². The molecule has 0 fully saturated rings. The van der Waals surface area contributed by atoms with Crippen molar-refractivity contribution in [1.29, 1.82) is 0 Å². The molecule has 0 bridgehead atoms. The number of nitrogens with zero attached hydrogens (tertiary/aromatic N) is 1. The Hall–Kier alpha value is -1.98. The minimum atomic E-state index is -0.983. The van der Waals surface area contributed by atoms with Gasteiger partial charge in [0, 0.05) is 18.6 Å². The average Bonchev–Trinajstić information content (AvgIpc) is 2.27. The summed E-state index contributed by atoms with van der Waals surface area (Å²) in [5, 5.41) is 10.4. The predicted molar refractivity (Wildman–Crippen MR) is 58.4 cm³/mol. The minimum absolute atomic E-state index is 0.0994. The highest BCUT2D eigenvalue weighted by Crippen LogP contribution is 2.23. The van der Waals surface area contributed by atoms with Gasteiger partial charge in [-0.2, -0.15) is 4.39 Å². The molecule has 0 amide bonds. The summed E-state index contributed by atoms with van der Waals surface area (Å²) >= 11 is 0. The largest absolute Gasteiger partial charge is 0.483 e. The molecule has 1 aromatic carbocycles. The van der Waals surface area contributed by atoms with E-state index in [-0.39, 0.29) is 11.5 Å². The molecule has 0 N–H and O–H groups in total. The molecule has 0 radical (unpaired) electrons. The van der Waals surface area contributed by atoms with Crippen molar-refractivity contribution in [3.63, 3.8) is 0 Å². The Balaban J connectivity index is 2.84. The number of carbonyl (C=O) groups is 1. The van der Waals surface area contributed by atoms with Crippen LogP contribution in [0.4, 0.5) is 10.1 Å². The molecule has 1 atom stereocenters. The van der Waals surface area contributed by atoms with Crippen molar-refractivity contribution in [1.82, 2.24) is 0 Å². The molecule has 0 heterocycles. The Morgan fingerprint density at radius 1 is 1.59 bits per heavy atom. The number of ether oxygens (including phenoxy) is 1. The molecule has 1 rings (SSSR count). The summed E-state index contributed by atoms with van der Waals surface area (Å²) in [4.78, 5) is 20.8. The number of hydrogen-bond donors (Lipinski definition) is 0. The fourth-order valence-corrected chi connectivity index (χ4v) is 1.27. The van der Waals surface area contributed by atoms with Crippen molar-refractivity contribution < 1.29 is 18.8 Å². The van der Waals surface area contributed by atoms with Gasteiger partial charge in [-0.1, -0.05) is 6.92 Å². The number of halogens is 1. The summed E-state index contributed by atoms with van der Waals surface area (Å²) in [7, 11) is 0. The van der Waals surface area contributed by atoms with E-state index in [9.17, 15) is 19.3 Å². The zero-order chi connectivity index (χ0) is 13.0. The van der Waals surface area contributed by atoms with Crippen LogP contribution in [0.2, 0.25) is 0 Å². The molecule has 0 aliphatic carbocycles. The number of nitro groups is 1. The Morgan fingerprint density at radius 3 is 2.71 bits per heavy atom. The number of rotatable bonds is 5. The average molecular weight is 241 g/mol. The smallest absolute Gasteiger partial charge is 0.305 e. The normalized spacial score (nSPS) is 11.9. The minimum Gasteiger partial charge on any atom is -0.483 e. The monoisotopic (exact) mass is 241 g/mol. The van der Waals surface area contributed by atoms with E-state index < -0.39 is 22.5 Å². The van der Waals surface area contributed by atoms with E-state index in [0.29, 0.717) is 6.42 Å². The Labute approximate surface area is 97.3 Å². The van der Waals surface area contributed by atoms with Gasteiger partial charge in [-0.05, 0) is 13.0 Å². The summed E-state index contributed by atoms with van der Waals surface area (Å²) in [6, 6.07) is 3.17. The van der Waals surface area contributed by atoms with E-state index in [1.807, 2.05) is 0 Å². The molecule has 92 valence electrons. The van der Waals surface area contributed by atoms with Crippen LogP contribution in [0, 0.1) is 15.9 Å². The second kappa shape index (κ2) is 5.38. The van der Waals surface area contributed by atoms with Crippen LogP contribution in [0.3, 0.4) is 0 Å². The van der Waals surface area contributed by atoms with Gasteiger partial charge >= 0.3 is 5.69 Å². The van der Waals surface area contributed by atoms with E-state index in [2.05, 4.69) is 0 Å². The van der Waals surface area contributed by atoms with Crippen LogP contribution in [0.1, 0.15) is 20.3 Å². The van der Waals surface area contributed by atoms with Crippen LogP contribution in [0.25, 0.3) is 0 Å². The van der Waals surface area contributed by atoms with Crippen LogP contribution < -0.4 is 4.74 Å². The maximum absolute atomic E-state index is 13.2. The second-order valence-corrected chi connectivity index (χ2v) is 3.45. The predicted octanol–water partition coefficient (Wildman–Crippen LogP) is 2.48. The molecule has 1 unspecified atom stereocenters. The van der Waals surface area contributed by atoms with Crippen molar-refractivity contribution in [2.45, 2.75) is 26.4 Å². The van der Waals surface area contributed by atoms with E-state index in [1.165, 1.54) is 6.07 Å². The summed E-state index contributed by atoms with van der Waals surface area (Å²) in [5.74, 6) is -1.00. The fourth-order valence-electron chi connectivity index (χ4n) is 1.27. The van der Waals surface area contributed by atoms with Crippen molar-refractivity contribution >= 4 is 11.5 Å². The zero-order valence-electron chi connectivity index (χ0n) is 9.47. The van der Waals surface area contributed by atoms with E-state index in [0.717, 1.165) is 12.1 Å². The molecular weight excluding hydrogens is 229 g/mol. The number of benzene rings is 1. The maximum Gasteiger partial charge on any atom is 0.305 e. The Kier molecular flexibility index (Phi) is 4.14. The second-order valence-electron chi connectivity index (χ2n) is 3.45. The van der Waals surface area contributed by atoms with Crippen molar-refractivity contribution in [2.75, 3.05) is 0 Å². The van der Waals surface area contributed by atoms with Crippen LogP contribution >= 0.6 is 0 Å². The third-order valence-electron chi connectivity index (χ3n) is 2.23. The number of Topliss-reactive ketones (excluding diaryl/α,β-unsaturated/α-hetero) is 1. The van der Waals surface area contributed by atoms with Gasteiger partial charge in [0.15, 0.2) is 11.9 Å².